The summed E-state index contributed by atoms with van der Waals surface area (Å²) >= 11 is 1.54. The molecule has 1 N–H and O–H groups in total. The maximum absolute atomic E-state index is 12.3. The summed E-state index contributed by atoms with van der Waals surface area (Å²) in [7, 11) is 0. The molecule has 0 aliphatic carbocycles. The minimum Gasteiger partial charge on any atom is -0.362 e. The van der Waals surface area contributed by atoms with Gasteiger partial charge in [-0.3, -0.25) is 4.79 Å². The number of thiazole rings is 1. The maximum Gasteiger partial charge on any atom is 0.260 e. The third-order valence-corrected chi connectivity index (χ3v) is 3.59. The first-order valence-corrected chi connectivity index (χ1v) is 7.53. The van der Waals surface area contributed by atoms with E-state index in [-0.39, 0.29) is 5.56 Å². The summed E-state index contributed by atoms with van der Waals surface area (Å²) in [5, 5.41) is 6.05. The quantitative estimate of drug-likeness (QED) is 0.882. The van der Waals surface area contributed by atoms with E-state index >= 15 is 0 Å². The summed E-state index contributed by atoms with van der Waals surface area (Å²) in [6.07, 6.45) is 3.84. The van der Waals surface area contributed by atoms with Crippen LogP contribution in [0, 0.1) is 0 Å². The summed E-state index contributed by atoms with van der Waals surface area (Å²) < 4.78 is 1.74. The van der Waals surface area contributed by atoms with Crippen LogP contribution in [0.1, 0.15) is 26.7 Å². The van der Waals surface area contributed by atoms with Gasteiger partial charge in [-0.25, -0.2) is 4.98 Å². The Morgan fingerprint density at radius 1 is 1.37 bits per heavy atom. The first kappa shape index (κ1) is 13.8. The second-order valence-corrected chi connectivity index (χ2v) is 5.24. The molecule has 0 saturated carbocycles. The van der Waals surface area contributed by atoms with Crippen LogP contribution in [-0.4, -0.2) is 16.1 Å². The lowest BCUT2D eigenvalue weighted by molar-refractivity contribution is 0.655. The third-order valence-electron chi connectivity index (χ3n) is 2.79. The number of anilines is 1. The van der Waals surface area contributed by atoms with Gasteiger partial charge >= 0.3 is 0 Å². The van der Waals surface area contributed by atoms with Crippen molar-refractivity contribution in [2.75, 3.05) is 11.9 Å². The molecule has 5 heteroatoms. The molecule has 0 aliphatic rings. The van der Waals surface area contributed by atoms with Crippen LogP contribution in [-0.2, 0) is 6.54 Å². The number of nitrogens with zero attached hydrogens (tertiary/aromatic N) is 2. The van der Waals surface area contributed by atoms with Crippen molar-refractivity contribution in [2.24, 2.45) is 0 Å². The molecule has 2 aromatic heterocycles. The Morgan fingerprint density at radius 3 is 2.95 bits per heavy atom. The zero-order valence-corrected chi connectivity index (χ0v) is 12.2. The van der Waals surface area contributed by atoms with Gasteiger partial charge in [-0.05, 0) is 25.0 Å². The number of hydrogen-bond acceptors (Lipinski definition) is 4. The lowest BCUT2D eigenvalue weighted by Gasteiger charge is -2.04. The molecule has 0 amide bonds. The number of pyridine rings is 1. The number of nitrogens with one attached hydrogen (secondary N) is 1. The highest BCUT2D eigenvalue weighted by atomic mass is 32.1. The summed E-state index contributed by atoms with van der Waals surface area (Å²) in [6.45, 7) is 5.83. The molecule has 0 aliphatic heterocycles. The summed E-state index contributed by atoms with van der Waals surface area (Å²) in [4.78, 5) is 16.8. The molecule has 0 atom stereocenters. The first-order valence-electron chi connectivity index (χ1n) is 6.65. The highest BCUT2D eigenvalue weighted by molar-refractivity contribution is 7.14. The topological polar surface area (TPSA) is 46.9 Å². The normalized spacial score (nSPS) is 10.6. The number of rotatable bonds is 6. The van der Waals surface area contributed by atoms with E-state index < -0.39 is 0 Å². The van der Waals surface area contributed by atoms with Crippen LogP contribution >= 0.6 is 11.3 Å². The molecule has 0 radical (unpaired) electrons. The largest absolute Gasteiger partial charge is 0.362 e. The second kappa shape index (κ2) is 6.52. The predicted molar refractivity (Wildman–Crippen MR) is 80.9 cm³/mol. The van der Waals surface area contributed by atoms with E-state index in [0.717, 1.165) is 36.8 Å². The van der Waals surface area contributed by atoms with Gasteiger partial charge in [0.25, 0.3) is 5.56 Å². The Labute approximate surface area is 117 Å². The van der Waals surface area contributed by atoms with Gasteiger partial charge in [0, 0.05) is 24.7 Å². The Balaban J connectivity index is 2.28. The van der Waals surface area contributed by atoms with Crippen LogP contribution in [0.3, 0.4) is 0 Å². The molecule has 0 fully saturated rings. The lowest BCUT2D eigenvalue weighted by Crippen LogP contribution is -2.20. The SMILES string of the molecule is CCCNc1nc(-c2cccn(CCC)c2=O)cs1. The van der Waals surface area contributed by atoms with Crippen LogP contribution in [0.4, 0.5) is 5.13 Å². The van der Waals surface area contributed by atoms with Gasteiger partial charge in [0.15, 0.2) is 5.13 Å². The Hall–Kier alpha value is -1.62. The van der Waals surface area contributed by atoms with Crippen molar-refractivity contribution in [3.05, 3.63) is 34.1 Å². The number of aryl methyl sites for hydroxylation is 1. The Morgan fingerprint density at radius 2 is 2.21 bits per heavy atom. The van der Waals surface area contributed by atoms with E-state index in [1.54, 1.807) is 15.9 Å². The van der Waals surface area contributed by atoms with Crippen molar-refractivity contribution in [3.8, 4) is 11.3 Å². The van der Waals surface area contributed by atoms with E-state index in [0.29, 0.717) is 5.56 Å². The van der Waals surface area contributed by atoms with Crippen molar-refractivity contribution in [1.82, 2.24) is 9.55 Å². The minimum atomic E-state index is 0.0386. The molecule has 19 heavy (non-hydrogen) atoms. The van der Waals surface area contributed by atoms with Gasteiger partial charge in [0.05, 0.1) is 11.3 Å². The molecule has 4 nitrogen and oxygen atoms in total. The fourth-order valence-corrected chi connectivity index (χ4v) is 2.60. The molecule has 2 rings (SSSR count). The third kappa shape index (κ3) is 3.23. The molecule has 0 aromatic carbocycles. The van der Waals surface area contributed by atoms with Gasteiger partial charge in [-0.2, -0.15) is 0 Å². The van der Waals surface area contributed by atoms with E-state index in [2.05, 4.69) is 24.1 Å². The minimum absolute atomic E-state index is 0.0386. The van der Waals surface area contributed by atoms with Gasteiger partial charge in [-0.15, -0.1) is 11.3 Å². The van der Waals surface area contributed by atoms with Gasteiger partial charge in [0.2, 0.25) is 0 Å². The predicted octanol–water partition coefficient (Wildman–Crippen LogP) is 3.20. The maximum atomic E-state index is 12.3. The zero-order chi connectivity index (χ0) is 13.7. The van der Waals surface area contributed by atoms with Crippen molar-refractivity contribution < 1.29 is 0 Å². The smallest absolute Gasteiger partial charge is 0.260 e. The van der Waals surface area contributed by atoms with Gasteiger partial charge < -0.3 is 9.88 Å². The highest BCUT2D eigenvalue weighted by Crippen LogP contribution is 2.22. The van der Waals surface area contributed by atoms with Crippen LogP contribution in [0.5, 0.6) is 0 Å². The summed E-state index contributed by atoms with van der Waals surface area (Å²) in [6, 6.07) is 3.75. The van der Waals surface area contributed by atoms with Crippen molar-refractivity contribution in [2.45, 2.75) is 33.2 Å². The van der Waals surface area contributed by atoms with E-state index in [4.69, 9.17) is 0 Å². The average Bonchev–Trinajstić information content (AvgIpc) is 2.87. The van der Waals surface area contributed by atoms with Crippen LogP contribution in [0.25, 0.3) is 11.3 Å². The molecule has 102 valence electrons. The fourth-order valence-electron chi connectivity index (χ4n) is 1.86. The Bertz CT molecular complexity index is 588. The summed E-state index contributed by atoms with van der Waals surface area (Å²) in [5.41, 5.74) is 1.48. The molecule has 0 bridgehead atoms. The van der Waals surface area contributed by atoms with Crippen molar-refractivity contribution in [1.29, 1.82) is 0 Å². The first-order chi connectivity index (χ1) is 9.26. The highest BCUT2D eigenvalue weighted by Gasteiger charge is 2.09. The molecule has 0 unspecified atom stereocenters. The molecule has 0 saturated heterocycles. The van der Waals surface area contributed by atoms with Gasteiger partial charge in [-0.1, -0.05) is 13.8 Å². The molecular weight excluding hydrogens is 258 g/mol. The molecule has 2 aromatic rings. The van der Waals surface area contributed by atoms with Gasteiger partial charge in [0.1, 0.15) is 0 Å². The monoisotopic (exact) mass is 277 g/mol. The fraction of sp³-hybridized carbons (Fsp3) is 0.429. The van der Waals surface area contributed by atoms with E-state index in [1.165, 1.54) is 0 Å². The standard InChI is InChI=1S/C14H19N3OS/c1-3-7-15-14-16-12(10-19-14)11-6-5-9-17(8-4-2)13(11)18/h5-6,9-10H,3-4,7-8H2,1-2H3,(H,15,16). The van der Waals surface area contributed by atoms with Crippen molar-refractivity contribution >= 4 is 16.5 Å². The van der Waals surface area contributed by atoms with E-state index in [9.17, 15) is 4.79 Å². The van der Waals surface area contributed by atoms with E-state index in [1.807, 2.05) is 23.7 Å². The molecule has 0 spiro atoms. The lowest BCUT2D eigenvalue weighted by atomic mass is 10.2. The van der Waals surface area contributed by atoms with Crippen LogP contribution in [0.15, 0.2) is 28.5 Å². The Kier molecular flexibility index (Phi) is 4.74. The van der Waals surface area contributed by atoms with Crippen molar-refractivity contribution in [3.63, 3.8) is 0 Å². The average molecular weight is 277 g/mol. The van der Waals surface area contributed by atoms with Crippen LogP contribution < -0.4 is 10.9 Å². The number of hydrogen-bond donors (Lipinski definition) is 1. The zero-order valence-electron chi connectivity index (χ0n) is 11.3. The molecule has 2 heterocycles. The summed E-state index contributed by atoms with van der Waals surface area (Å²) in [5.74, 6) is 0. The molecular formula is C14H19N3OS. The number of aromatic nitrogens is 2. The second-order valence-electron chi connectivity index (χ2n) is 4.39. The van der Waals surface area contributed by atoms with Crippen LogP contribution in [0.2, 0.25) is 0 Å².